The van der Waals surface area contributed by atoms with Crippen LogP contribution in [0.25, 0.3) is 0 Å². The minimum atomic E-state index is -4.64. The normalized spacial score (nSPS) is 23.2. The lowest BCUT2D eigenvalue weighted by atomic mass is 9.72. The number of rotatable bonds is 11. The lowest BCUT2D eigenvalue weighted by molar-refractivity contribution is -0.143. The summed E-state index contributed by atoms with van der Waals surface area (Å²) in [6, 6.07) is 2.18. The van der Waals surface area contributed by atoms with Crippen LogP contribution in [0.3, 0.4) is 0 Å². The van der Waals surface area contributed by atoms with Crippen LogP contribution in [0.15, 0.2) is 30.7 Å². The molecule has 4 saturated heterocycles. The van der Waals surface area contributed by atoms with E-state index in [4.69, 9.17) is 14.2 Å². The van der Waals surface area contributed by atoms with Crippen molar-refractivity contribution in [1.82, 2.24) is 29.2 Å². The molecule has 1 aromatic carbocycles. The molecule has 0 unspecified atom stereocenters. The van der Waals surface area contributed by atoms with Crippen LogP contribution in [0.4, 0.5) is 23.4 Å². The molecule has 1 aromatic heterocycles. The molecular weight excluding hydrogens is 698 g/mol. The maximum atomic E-state index is 14.3. The Bertz CT molecular complexity index is 1580. The van der Waals surface area contributed by atoms with Crippen molar-refractivity contribution in [2.24, 2.45) is 5.41 Å². The first kappa shape index (κ1) is 37.6. The second-order valence-electron chi connectivity index (χ2n) is 14.1. The van der Waals surface area contributed by atoms with E-state index in [-0.39, 0.29) is 34.6 Å². The Morgan fingerprint density at radius 1 is 1.10 bits per heavy atom. The van der Waals surface area contributed by atoms with Gasteiger partial charge in [-0.05, 0) is 70.8 Å². The molecule has 51 heavy (non-hydrogen) atoms. The lowest BCUT2D eigenvalue weighted by Crippen LogP contribution is -2.61. The van der Waals surface area contributed by atoms with E-state index in [2.05, 4.69) is 14.9 Å². The highest BCUT2D eigenvalue weighted by molar-refractivity contribution is 7.69. The maximum absolute atomic E-state index is 14.3. The van der Waals surface area contributed by atoms with E-state index in [9.17, 15) is 30.8 Å². The number of halogens is 4. The van der Waals surface area contributed by atoms with Gasteiger partial charge in [-0.1, -0.05) is 0 Å². The second kappa shape index (κ2) is 15.8. The third-order valence-electron chi connectivity index (χ3n) is 10.1. The summed E-state index contributed by atoms with van der Waals surface area (Å²) in [6.45, 7) is 7.88. The van der Waals surface area contributed by atoms with E-state index < -0.39 is 41.4 Å². The van der Waals surface area contributed by atoms with E-state index in [1.807, 2.05) is 9.91 Å². The summed E-state index contributed by atoms with van der Waals surface area (Å²) in [4.78, 5) is 26.9. The summed E-state index contributed by atoms with van der Waals surface area (Å²) in [7, 11) is -2.77. The molecule has 0 radical (unpaired) electrons. The van der Waals surface area contributed by atoms with E-state index in [0.717, 1.165) is 57.5 Å². The molecule has 1 spiro atoms. The Labute approximate surface area is 296 Å². The number of morpholine rings is 1. The number of amides is 1. The highest BCUT2D eigenvalue weighted by Crippen LogP contribution is 2.45. The number of likely N-dealkylation sites (tertiary alicyclic amines) is 1. The molecule has 6 rings (SSSR count). The van der Waals surface area contributed by atoms with Gasteiger partial charge in [0.2, 0.25) is 10.9 Å². The van der Waals surface area contributed by atoms with Gasteiger partial charge in [0, 0.05) is 44.2 Å². The number of ether oxygens (including phenoxy) is 3. The summed E-state index contributed by atoms with van der Waals surface area (Å²) in [5, 5.41) is 1.84. The van der Waals surface area contributed by atoms with E-state index in [0.29, 0.717) is 56.7 Å². The SMILES string of the molecule is CC(C)N(CC(F)(F)F)C(=O)c1cc(F)ccc1Oc1cncnc1N1CC2(CCN(C[C@@H]3CC[C@@H](N(N4CCOCC4)[SH](=O)=O)CO3)CC2)C1. The van der Waals surface area contributed by atoms with Crippen LogP contribution in [0.5, 0.6) is 11.5 Å². The molecular formula is C33H45F4N7O6S. The Morgan fingerprint density at radius 2 is 1.82 bits per heavy atom. The Hall–Kier alpha value is -3.16. The van der Waals surface area contributed by atoms with Crippen LogP contribution in [-0.2, 0) is 20.4 Å². The largest absolute Gasteiger partial charge is 0.451 e. The van der Waals surface area contributed by atoms with E-state index in [1.165, 1.54) is 36.9 Å². The number of carbonyl (C=O) groups is 1. The number of piperidine rings is 1. The van der Waals surface area contributed by atoms with Gasteiger partial charge in [-0.25, -0.2) is 27.8 Å². The smallest absolute Gasteiger partial charge is 0.406 e. The zero-order valence-corrected chi connectivity index (χ0v) is 29.7. The van der Waals surface area contributed by atoms with Gasteiger partial charge >= 0.3 is 6.18 Å². The van der Waals surface area contributed by atoms with E-state index in [1.54, 1.807) is 0 Å². The molecule has 18 heteroatoms. The fourth-order valence-corrected chi connectivity index (χ4v) is 8.24. The molecule has 1 amide bonds. The van der Waals surface area contributed by atoms with Crippen molar-refractivity contribution in [2.45, 2.75) is 63.9 Å². The van der Waals surface area contributed by atoms with Crippen LogP contribution in [0.1, 0.15) is 49.9 Å². The second-order valence-corrected chi connectivity index (χ2v) is 14.9. The van der Waals surface area contributed by atoms with Crippen LogP contribution in [-0.4, -0.2) is 140 Å². The molecule has 282 valence electrons. The Kier molecular flexibility index (Phi) is 11.7. The third-order valence-corrected chi connectivity index (χ3v) is 11.0. The molecule has 2 aromatic rings. The predicted molar refractivity (Wildman–Crippen MR) is 178 cm³/mol. The highest BCUT2D eigenvalue weighted by Gasteiger charge is 2.46. The van der Waals surface area contributed by atoms with Crippen LogP contribution < -0.4 is 9.64 Å². The molecule has 13 nitrogen and oxygen atoms in total. The average molecular weight is 744 g/mol. The van der Waals surface area contributed by atoms with Crippen molar-refractivity contribution >= 4 is 22.6 Å². The van der Waals surface area contributed by atoms with E-state index >= 15 is 0 Å². The quantitative estimate of drug-likeness (QED) is 0.270. The van der Waals surface area contributed by atoms with Crippen molar-refractivity contribution in [3.8, 4) is 11.5 Å². The van der Waals surface area contributed by atoms with Gasteiger partial charge in [-0.2, -0.15) is 13.2 Å². The first-order valence-electron chi connectivity index (χ1n) is 17.3. The summed E-state index contributed by atoms with van der Waals surface area (Å²) in [5.74, 6) is -1.20. The Balaban J connectivity index is 1.03. The number of benzene rings is 1. The molecule has 4 aliphatic rings. The number of aromatic nitrogens is 2. The molecule has 0 N–H and O–H groups in total. The molecule has 4 fully saturated rings. The lowest BCUT2D eigenvalue weighted by Gasteiger charge is -2.54. The summed E-state index contributed by atoms with van der Waals surface area (Å²) in [5.41, 5.74) is -0.259. The van der Waals surface area contributed by atoms with Crippen LogP contribution in [0.2, 0.25) is 0 Å². The zero-order chi connectivity index (χ0) is 36.3. The standard InChI is InChI=1S/C33H45F4N7O6S/c1-23(2)43(21-33(35,36)37)31(45)27-15-24(34)3-6-28(27)50-29-16-38-22-39-30(29)41-19-32(20-41)7-9-40(10-8-32)17-26-5-4-25(18-49-26)44(51(46)47)42-11-13-48-14-12-42/h3,6,15-16,22-23,25-26,51H,4-5,7-14,17-21H2,1-2H3/t25-,26+/m1/s1. The first-order valence-corrected chi connectivity index (χ1v) is 18.4. The van der Waals surface area contributed by atoms with Crippen molar-refractivity contribution in [2.75, 3.05) is 77.1 Å². The number of hydrazine groups is 1. The number of anilines is 1. The van der Waals surface area contributed by atoms with Crippen LogP contribution >= 0.6 is 0 Å². The number of nitrogens with zero attached hydrogens (tertiary/aromatic N) is 7. The van der Waals surface area contributed by atoms with Crippen molar-refractivity contribution in [3.63, 3.8) is 0 Å². The number of hydrogen-bond acceptors (Lipinski definition) is 11. The Morgan fingerprint density at radius 3 is 2.45 bits per heavy atom. The van der Waals surface area contributed by atoms with Gasteiger partial charge < -0.3 is 28.9 Å². The van der Waals surface area contributed by atoms with Gasteiger partial charge in [0.15, 0.2) is 11.6 Å². The average Bonchev–Trinajstić information content (AvgIpc) is 3.08. The summed E-state index contributed by atoms with van der Waals surface area (Å²) >= 11 is 0. The van der Waals surface area contributed by atoms with Crippen molar-refractivity contribution < 1.29 is 45.0 Å². The number of thiol groups is 1. The molecule has 2 atom stereocenters. The highest BCUT2D eigenvalue weighted by atomic mass is 32.2. The molecule has 4 aliphatic heterocycles. The minimum Gasteiger partial charge on any atom is -0.451 e. The van der Waals surface area contributed by atoms with Gasteiger partial charge in [0.05, 0.1) is 43.7 Å². The molecule has 0 aliphatic carbocycles. The third kappa shape index (κ3) is 9.08. The van der Waals surface area contributed by atoms with Gasteiger partial charge in [0.25, 0.3) is 5.91 Å². The number of hydrogen-bond donors (Lipinski definition) is 1. The number of alkyl halides is 3. The van der Waals surface area contributed by atoms with Crippen molar-refractivity contribution in [1.29, 1.82) is 0 Å². The fourth-order valence-electron chi connectivity index (χ4n) is 7.41. The fraction of sp³-hybridized carbons (Fsp3) is 0.667. The first-order chi connectivity index (χ1) is 24.3. The van der Waals surface area contributed by atoms with Gasteiger partial charge in [-0.3, -0.25) is 4.79 Å². The predicted octanol–water partition coefficient (Wildman–Crippen LogP) is 3.35. The molecule has 0 saturated carbocycles. The molecule has 5 heterocycles. The zero-order valence-electron chi connectivity index (χ0n) is 28.8. The van der Waals surface area contributed by atoms with Crippen molar-refractivity contribution in [3.05, 3.63) is 42.1 Å². The maximum Gasteiger partial charge on any atom is 0.406 e. The van der Waals surface area contributed by atoms with Crippen LogP contribution in [0, 0.1) is 11.2 Å². The van der Waals surface area contributed by atoms with Gasteiger partial charge in [-0.15, -0.1) is 4.41 Å². The monoisotopic (exact) mass is 743 g/mol. The summed E-state index contributed by atoms with van der Waals surface area (Å²) in [6.07, 6.45) is 1.63. The van der Waals surface area contributed by atoms with Gasteiger partial charge in [0.1, 0.15) is 24.4 Å². The molecule has 0 bridgehead atoms. The minimum absolute atomic E-state index is 0.0364. The number of carbonyl (C=O) groups excluding carboxylic acids is 1. The topological polar surface area (TPSA) is 121 Å². The summed E-state index contributed by atoms with van der Waals surface area (Å²) < 4.78 is 97.4.